The molecule has 71 heavy (non-hydrogen) atoms. The Morgan fingerprint density at radius 3 is 1.20 bits per heavy atom. The molecule has 0 aliphatic heterocycles. The van der Waals surface area contributed by atoms with Gasteiger partial charge in [-0.1, -0.05) is 127 Å². The number of aromatic nitrogens is 6. The Kier molecular flexibility index (Phi) is 15.6. The van der Waals surface area contributed by atoms with E-state index in [1.165, 1.54) is 46.0 Å². The molecule has 358 valence electrons. The summed E-state index contributed by atoms with van der Waals surface area (Å²) >= 11 is 0. The first-order chi connectivity index (χ1) is 33.5. The van der Waals surface area contributed by atoms with Crippen LogP contribution in [0.4, 0.5) is 0 Å². The molecule has 0 saturated carbocycles. The normalized spacial score (nSPS) is 11.4. The Balaban J connectivity index is 0.00000338. The maximum Gasteiger partial charge on any atom is 2.00 e. The van der Waals surface area contributed by atoms with Crippen LogP contribution in [0.5, 0.6) is 23.0 Å². The number of benzene rings is 6. The van der Waals surface area contributed by atoms with Gasteiger partial charge in [-0.3, -0.25) is 0 Å². The number of pyridine rings is 2. The Morgan fingerprint density at radius 2 is 0.803 bits per heavy atom. The topological polar surface area (TPSA) is 87.8 Å². The molecule has 0 fully saturated rings. The third-order valence-corrected chi connectivity index (χ3v) is 12.6. The van der Waals surface area contributed by atoms with Gasteiger partial charge in [0, 0.05) is 35.4 Å². The van der Waals surface area contributed by atoms with Crippen LogP contribution in [0.1, 0.15) is 101 Å². The number of fused-ring (bicyclic) bond motifs is 3. The molecule has 0 aliphatic rings. The fraction of sp³-hybridized carbons (Fsp3) is 0.197. The summed E-state index contributed by atoms with van der Waals surface area (Å²) in [6, 6.07) is 55.4. The molecule has 0 spiro atoms. The zero-order chi connectivity index (χ0) is 47.8. The summed E-state index contributed by atoms with van der Waals surface area (Å²) in [7, 11) is 0. The molecular formula is C61H52N6O2Pt2. The molecule has 10 rings (SSSR count). The van der Waals surface area contributed by atoms with Crippen LogP contribution in [-0.4, -0.2) is 29.5 Å². The van der Waals surface area contributed by atoms with E-state index in [1.807, 2.05) is 77.6 Å². The molecule has 10 aromatic rings. The van der Waals surface area contributed by atoms with Crippen LogP contribution in [0.25, 0.3) is 72.5 Å². The SMILES string of the molecule is CC(C)c1cccc(C(C)C)c1-c1ccnc(-c2[c-]c(Oc3[c-]c4c(cc3)c3ccc(Oc5[c-]c(-c6cc(-c7c(C(C)C)cccc7C(C)C)ccn6)ccc5)[c-]c3n4-c3ncncn3)ccc2)c1.[Pt+2].[Pt+2]. The second-order valence-electron chi connectivity index (χ2n) is 18.6. The van der Waals surface area contributed by atoms with E-state index in [1.54, 1.807) is 0 Å². The van der Waals surface area contributed by atoms with Crippen molar-refractivity contribution in [2.24, 2.45) is 0 Å². The molecule has 0 aliphatic carbocycles. The van der Waals surface area contributed by atoms with Crippen LogP contribution in [0, 0.1) is 24.3 Å². The van der Waals surface area contributed by atoms with Gasteiger partial charge < -0.3 is 24.0 Å². The molecule has 10 heteroatoms. The molecule has 0 atom stereocenters. The zero-order valence-electron chi connectivity index (χ0n) is 40.8. The van der Waals surface area contributed by atoms with E-state index in [4.69, 9.17) is 19.4 Å². The molecule has 8 nitrogen and oxygen atoms in total. The van der Waals surface area contributed by atoms with Crippen LogP contribution in [0.2, 0.25) is 0 Å². The molecule has 0 unspecified atom stereocenters. The fourth-order valence-electron chi connectivity index (χ4n) is 9.28. The fourth-order valence-corrected chi connectivity index (χ4v) is 9.28. The second kappa shape index (κ2) is 21.8. The van der Waals surface area contributed by atoms with Crippen molar-refractivity contribution in [1.29, 1.82) is 0 Å². The largest absolute Gasteiger partial charge is 2.00 e. The molecule has 4 aromatic heterocycles. The van der Waals surface area contributed by atoms with E-state index in [9.17, 15) is 0 Å². The first-order valence-corrected chi connectivity index (χ1v) is 23.7. The minimum Gasteiger partial charge on any atom is -0.503 e. The van der Waals surface area contributed by atoms with E-state index < -0.39 is 0 Å². The van der Waals surface area contributed by atoms with Gasteiger partial charge in [0.25, 0.3) is 0 Å². The van der Waals surface area contributed by atoms with Gasteiger partial charge in [0.05, 0.1) is 0 Å². The monoisotopic (exact) mass is 1290 g/mol. The van der Waals surface area contributed by atoms with Gasteiger partial charge >= 0.3 is 42.1 Å². The van der Waals surface area contributed by atoms with Gasteiger partial charge in [0.15, 0.2) is 0 Å². The number of hydrogen-bond donors (Lipinski definition) is 0. The van der Waals surface area contributed by atoms with E-state index in [0.717, 1.165) is 44.4 Å². The quantitative estimate of drug-likeness (QED) is 0.106. The van der Waals surface area contributed by atoms with Crippen LogP contribution >= 0.6 is 0 Å². The Bertz CT molecular complexity index is 3230. The first kappa shape index (κ1) is 50.8. The molecule has 0 amide bonds. The summed E-state index contributed by atoms with van der Waals surface area (Å²) in [5.74, 6) is 3.96. The van der Waals surface area contributed by atoms with Crippen molar-refractivity contribution in [1.82, 2.24) is 29.5 Å². The van der Waals surface area contributed by atoms with E-state index in [0.29, 0.717) is 63.7 Å². The zero-order valence-corrected chi connectivity index (χ0v) is 45.3. The number of rotatable bonds is 13. The second-order valence-corrected chi connectivity index (χ2v) is 18.6. The number of nitrogens with zero attached hydrogens (tertiary/aromatic N) is 6. The molecule has 0 saturated heterocycles. The van der Waals surface area contributed by atoms with Crippen molar-refractivity contribution in [2.75, 3.05) is 0 Å². The van der Waals surface area contributed by atoms with Gasteiger partial charge in [-0.2, -0.15) is 22.9 Å². The van der Waals surface area contributed by atoms with Gasteiger partial charge in [-0.25, -0.2) is 15.0 Å². The van der Waals surface area contributed by atoms with Crippen molar-refractivity contribution in [3.05, 3.63) is 193 Å². The third-order valence-electron chi connectivity index (χ3n) is 12.6. The summed E-state index contributed by atoms with van der Waals surface area (Å²) in [6.45, 7) is 18.0. The first-order valence-electron chi connectivity index (χ1n) is 23.7. The minimum atomic E-state index is 0. The Morgan fingerprint density at radius 1 is 0.423 bits per heavy atom. The Labute approximate surface area is 445 Å². The van der Waals surface area contributed by atoms with Crippen LogP contribution in [0.3, 0.4) is 0 Å². The summed E-state index contributed by atoms with van der Waals surface area (Å²) in [4.78, 5) is 22.8. The summed E-state index contributed by atoms with van der Waals surface area (Å²) in [5.41, 5.74) is 14.8. The summed E-state index contributed by atoms with van der Waals surface area (Å²) < 4.78 is 14.9. The predicted octanol–water partition coefficient (Wildman–Crippen LogP) is 15.7. The number of ether oxygens (including phenoxy) is 2. The van der Waals surface area contributed by atoms with Crippen LogP contribution in [-0.2, 0) is 42.1 Å². The van der Waals surface area contributed by atoms with Gasteiger partial charge in [0.2, 0.25) is 5.95 Å². The van der Waals surface area contributed by atoms with Gasteiger partial charge in [-0.15, -0.1) is 71.8 Å². The van der Waals surface area contributed by atoms with E-state index in [2.05, 4.69) is 155 Å². The van der Waals surface area contributed by atoms with Crippen molar-refractivity contribution in [3.8, 4) is 73.7 Å². The predicted molar refractivity (Wildman–Crippen MR) is 276 cm³/mol. The standard InChI is InChI=1S/C61H52N6O2.2Pt/c1-37(2)49-17-11-18-50(38(3)4)59(49)43-25-27-63-55(31-43)41-13-9-15-45(29-41)68-47-21-23-53-54-24-22-48(34-58(54)67(57(53)33-47)61-65-35-62-36-66-61)69-46-16-10-14-42(30-46)56-32-44(26-28-64-56)60-51(39(5)6)19-12-20-52(60)40(7)8;;/h9-28,31-32,35-40H,1-8H3;;/q-4;2*+2. The Hall–Kier alpha value is -6.59. The minimum absolute atomic E-state index is 0. The molecule has 4 heterocycles. The summed E-state index contributed by atoms with van der Waals surface area (Å²) in [5, 5.41) is 1.84. The van der Waals surface area contributed by atoms with Crippen molar-refractivity contribution >= 4 is 21.8 Å². The average Bonchev–Trinajstić information content (AvgIpc) is 3.69. The van der Waals surface area contributed by atoms with Crippen molar-refractivity contribution in [3.63, 3.8) is 0 Å². The molecule has 0 bridgehead atoms. The van der Waals surface area contributed by atoms with Crippen LogP contribution in [0.15, 0.2) is 146 Å². The molecular weight excluding hydrogens is 1240 g/mol. The van der Waals surface area contributed by atoms with Gasteiger partial charge in [-0.05, 0) is 91.7 Å². The third kappa shape index (κ3) is 10.4. The van der Waals surface area contributed by atoms with Crippen molar-refractivity contribution in [2.45, 2.75) is 79.1 Å². The van der Waals surface area contributed by atoms with Crippen molar-refractivity contribution < 1.29 is 51.6 Å². The van der Waals surface area contributed by atoms with Crippen LogP contribution < -0.4 is 9.47 Å². The molecule has 0 radical (unpaired) electrons. The van der Waals surface area contributed by atoms with E-state index in [-0.39, 0.29) is 42.1 Å². The maximum atomic E-state index is 6.52. The smallest absolute Gasteiger partial charge is 0.503 e. The van der Waals surface area contributed by atoms with E-state index >= 15 is 0 Å². The summed E-state index contributed by atoms with van der Waals surface area (Å²) in [6.07, 6.45) is 6.71. The average molecular weight is 1290 g/mol. The molecule has 6 aromatic carbocycles. The number of hydrogen-bond acceptors (Lipinski definition) is 7. The maximum absolute atomic E-state index is 6.52. The molecule has 0 N–H and O–H groups in total. The van der Waals surface area contributed by atoms with Gasteiger partial charge in [0.1, 0.15) is 12.7 Å².